The molecule has 0 aromatic heterocycles. The normalized spacial score (nSPS) is 26.0. The molecule has 1 aromatic rings. The molecule has 1 aromatic carbocycles. The first kappa shape index (κ1) is 15.1. The molecule has 1 aliphatic heterocycles. The molecule has 3 rings (SSSR count). The average molecular weight is 286 g/mol. The van der Waals surface area contributed by atoms with Crippen LogP contribution in [0.1, 0.15) is 51.0 Å². The van der Waals surface area contributed by atoms with Gasteiger partial charge in [0.1, 0.15) is 0 Å². The second-order valence-corrected chi connectivity index (χ2v) is 7.06. The van der Waals surface area contributed by atoms with Crippen molar-refractivity contribution in [2.24, 2.45) is 5.92 Å². The third kappa shape index (κ3) is 4.31. The van der Waals surface area contributed by atoms with Gasteiger partial charge in [-0.25, -0.2) is 0 Å². The SMILES string of the molecule is CC(NC1CCN(Cc2ccccc2)C1)C1CCCCC1. The number of rotatable bonds is 5. The highest BCUT2D eigenvalue weighted by Crippen LogP contribution is 2.27. The molecule has 1 aliphatic carbocycles. The molecule has 2 fully saturated rings. The molecule has 0 radical (unpaired) electrons. The van der Waals surface area contributed by atoms with Crippen molar-refractivity contribution < 1.29 is 0 Å². The maximum atomic E-state index is 3.92. The van der Waals surface area contributed by atoms with Gasteiger partial charge in [0.15, 0.2) is 0 Å². The number of hydrogen-bond acceptors (Lipinski definition) is 2. The van der Waals surface area contributed by atoms with E-state index in [1.807, 2.05) is 0 Å². The van der Waals surface area contributed by atoms with Crippen molar-refractivity contribution in [1.82, 2.24) is 10.2 Å². The Hall–Kier alpha value is -0.860. The van der Waals surface area contributed by atoms with Crippen molar-refractivity contribution in [3.63, 3.8) is 0 Å². The van der Waals surface area contributed by atoms with Gasteiger partial charge in [-0.2, -0.15) is 0 Å². The molecule has 2 unspecified atom stereocenters. The van der Waals surface area contributed by atoms with Crippen LogP contribution in [0.5, 0.6) is 0 Å². The van der Waals surface area contributed by atoms with Crippen LogP contribution in [-0.4, -0.2) is 30.1 Å². The Morgan fingerprint density at radius 3 is 2.62 bits per heavy atom. The summed E-state index contributed by atoms with van der Waals surface area (Å²) >= 11 is 0. The van der Waals surface area contributed by atoms with Crippen LogP contribution in [0.25, 0.3) is 0 Å². The van der Waals surface area contributed by atoms with E-state index in [0.717, 1.165) is 12.5 Å². The number of hydrogen-bond donors (Lipinski definition) is 1. The lowest BCUT2D eigenvalue weighted by Gasteiger charge is -2.30. The molecular weight excluding hydrogens is 256 g/mol. The summed E-state index contributed by atoms with van der Waals surface area (Å²) in [5, 5.41) is 3.92. The van der Waals surface area contributed by atoms with E-state index in [-0.39, 0.29) is 0 Å². The van der Waals surface area contributed by atoms with Gasteiger partial charge < -0.3 is 5.32 Å². The second kappa shape index (κ2) is 7.42. The van der Waals surface area contributed by atoms with E-state index in [4.69, 9.17) is 0 Å². The molecule has 116 valence electrons. The minimum atomic E-state index is 0.700. The Kier molecular flexibility index (Phi) is 5.32. The van der Waals surface area contributed by atoms with Gasteiger partial charge in [0.25, 0.3) is 0 Å². The molecule has 0 amide bonds. The second-order valence-electron chi connectivity index (χ2n) is 7.06. The summed E-state index contributed by atoms with van der Waals surface area (Å²) in [5.41, 5.74) is 1.44. The standard InChI is InChI=1S/C19H30N2/c1-16(18-10-6-3-7-11-18)20-19-12-13-21(15-19)14-17-8-4-2-5-9-17/h2,4-5,8-9,16,18-20H,3,6-7,10-15H2,1H3. The molecule has 0 spiro atoms. The molecule has 21 heavy (non-hydrogen) atoms. The summed E-state index contributed by atoms with van der Waals surface area (Å²) in [4.78, 5) is 2.60. The number of benzene rings is 1. The van der Waals surface area contributed by atoms with Crippen LogP contribution < -0.4 is 5.32 Å². The number of likely N-dealkylation sites (tertiary alicyclic amines) is 1. The molecule has 1 saturated carbocycles. The van der Waals surface area contributed by atoms with Crippen molar-refractivity contribution in [3.05, 3.63) is 35.9 Å². The predicted octanol–water partition coefficient (Wildman–Crippen LogP) is 3.82. The lowest BCUT2D eigenvalue weighted by molar-refractivity contribution is 0.257. The van der Waals surface area contributed by atoms with E-state index in [9.17, 15) is 0 Å². The molecule has 2 nitrogen and oxygen atoms in total. The minimum Gasteiger partial charge on any atom is -0.310 e. The third-order valence-corrected chi connectivity index (χ3v) is 5.38. The first-order chi connectivity index (χ1) is 10.3. The van der Waals surface area contributed by atoms with Gasteiger partial charge in [-0.1, -0.05) is 49.6 Å². The van der Waals surface area contributed by atoms with E-state index in [1.54, 1.807) is 0 Å². The Labute approximate surface area is 129 Å². The highest BCUT2D eigenvalue weighted by atomic mass is 15.2. The zero-order chi connectivity index (χ0) is 14.5. The number of nitrogens with one attached hydrogen (secondary N) is 1. The van der Waals surface area contributed by atoms with E-state index in [0.29, 0.717) is 12.1 Å². The predicted molar refractivity (Wildman–Crippen MR) is 89.3 cm³/mol. The van der Waals surface area contributed by atoms with E-state index < -0.39 is 0 Å². The van der Waals surface area contributed by atoms with Gasteiger partial charge in [-0.3, -0.25) is 4.90 Å². The third-order valence-electron chi connectivity index (χ3n) is 5.38. The molecule has 1 heterocycles. The first-order valence-electron chi connectivity index (χ1n) is 8.83. The fraction of sp³-hybridized carbons (Fsp3) is 0.684. The monoisotopic (exact) mass is 286 g/mol. The zero-order valence-electron chi connectivity index (χ0n) is 13.4. The van der Waals surface area contributed by atoms with Crippen LogP contribution in [0.3, 0.4) is 0 Å². The van der Waals surface area contributed by atoms with Crippen molar-refractivity contribution >= 4 is 0 Å². The molecular formula is C19H30N2. The summed E-state index contributed by atoms with van der Waals surface area (Å²) in [6.07, 6.45) is 8.54. The topological polar surface area (TPSA) is 15.3 Å². The maximum Gasteiger partial charge on any atom is 0.0234 e. The summed E-state index contributed by atoms with van der Waals surface area (Å²) in [5.74, 6) is 0.918. The Morgan fingerprint density at radius 2 is 1.86 bits per heavy atom. The molecule has 1 saturated heterocycles. The highest BCUT2D eigenvalue weighted by Gasteiger charge is 2.26. The van der Waals surface area contributed by atoms with E-state index in [1.165, 1.54) is 57.2 Å². The van der Waals surface area contributed by atoms with Crippen molar-refractivity contribution in [1.29, 1.82) is 0 Å². The lowest BCUT2D eigenvalue weighted by Crippen LogP contribution is -2.42. The molecule has 1 N–H and O–H groups in total. The molecule has 2 atom stereocenters. The smallest absolute Gasteiger partial charge is 0.0234 e. The largest absolute Gasteiger partial charge is 0.310 e. The summed E-state index contributed by atoms with van der Waals surface area (Å²) < 4.78 is 0. The molecule has 2 aliphatic rings. The van der Waals surface area contributed by atoms with E-state index in [2.05, 4.69) is 47.5 Å². The molecule has 0 bridgehead atoms. The van der Waals surface area contributed by atoms with Gasteiger partial charge in [0.05, 0.1) is 0 Å². The van der Waals surface area contributed by atoms with Crippen LogP contribution in [0.4, 0.5) is 0 Å². The quantitative estimate of drug-likeness (QED) is 0.885. The highest BCUT2D eigenvalue weighted by molar-refractivity contribution is 5.14. The van der Waals surface area contributed by atoms with Crippen LogP contribution >= 0.6 is 0 Å². The Bertz CT molecular complexity index is 411. The van der Waals surface area contributed by atoms with Gasteiger partial charge in [0.2, 0.25) is 0 Å². The van der Waals surface area contributed by atoms with Gasteiger partial charge in [-0.15, -0.1) is 0 Å². The fourth-order valence-corrected chi connectivity index (χ4v) is 4.10. The van der Waals surface area contributed by atoms with Crippen molar-refractivity contribution in [2.45, 2.75) is 64.1 Å². The van der Waals surface area contributed by atoms with Crippen molar-refractivity contribution in [2.75, 3.05) is 13.1 Å². The number of nitrogens with zero attached hydrogens (tertiary/aromatic N) is 1. The summed E-state index contributed by atoms with van der Waals surface area (Å²) in [7, 11) is 0. The van der Waals surface area contributed by atoms with Gasteiger partial charge in [-0.05, 0) is 37.7 Å². The maximum absolute atomic E-state index is 3.92. The van der Waals surface area contributed by atoms with Crippen LogP contribution in [0.15, 0.2) is 30.3 Å². The Morgan fingerprint density at radius 1 is 1.10 bits per heavy atom. The first-order valence-corrected chi connectivity index (χ1v) is 8.83. The minimum absolute atomic E-state index is 0.700. The fourth-order valence-electron chi connectivity index (χ4n) is 4.10. The van der Waals surface area contributed by atoms with Gasteiger partial charge >= 0.3 is 0 Å². The van der Waals surface area contributed by atoms with Gasteiger partial charge in [0, 0.05) is 31.7 Å². The average Bonchev–Trinajstić information content (AvgIpc) is 2.96. The van der Waals surface area contributed by atoms with Crippen LogP contribution in [-0.2, 0) is 6.54 Å². The van der Waals surface area contributed by atoms with Crippen LogP contribution in [0, 0.1) is 5.92 Å². The summed E-state index contributed by atoms with van der Waals surface area (Å²) in [6, 6.07) is 12.3. The summed E-state index contributed by atoms with van der Waals surface area (Å²) in [6.45, 7) is 5.97. The Balaban J connectivity index is 1.44. The van der Waals surface area contributed by atoms with Crippen molar-refractivity contribution in [3.8, 4) is 0 Å². The van der Waals surface area contributed by atoms with Crippen LogP contribution in [0.2, 0.25) is 0 Å². The lowest BCUT2D eigenvalue weighted by atomic mass is 9.84. The zero-order valence-corrected chi connectivity index (χ0v) is 13.4. The molecule has 2 heteroatoms. The van der Waals surface area contributed by atoms with E-state index >= 15 is 0 Å².